The maximum atomic E-state index is 15.1. The Balaban J connectivity index is 0.816. The van der Waals surface area contributed by atoms with Gasteiger partial charge in [0.15, 0.2) is 28.7 Å². The van der Waals surface area contributed by atoms with E-state index in [0.29, 0.717) is 71.6 Å². The number of hydrogen-bond donors (Lipinski definition) is 7. The standard InChI is InChI=1S/C57H70Cl4N9O16P3/c1-10-69-36-23-38-34(21-32(36)30(3)25-56(69,5)6)42(35-22-33-31(4)26-57(7,8)70(11-2)37(33)24-39(35)83-38)43-44(46(59)48(61)47(60)45(43)58)54(74)67(9)20-16-17-41(71)62-18-14-12-13-15-19-63-52-49-53(65-28-64-52)68(29-66-49)55-51(73)50(72)40(84-55)27-82-88(78,79)86-89(80,81)85-87(75,76)77/h21-26,28-29,40,50-51,55,72-73H,10-20,27H2,1-9H3,(H5-,62,63,64,65,71,75,76,77,78,79,80,81)/t40-,50-,51-,55-/m1/s1. The van der Waals surface area contributed by atoms with E-state index < -0.39 is 60.5 Å². The number of phosphoric acid groups is 3. The van der Waals surface area contributed by atoms with Crippen molar-refractivity contribution in [3.63, 3.8) is 0 Å². The molecule has 32 heteroatoms. The molecular formula is C57H70Cl4N9O16P3. The number of carbonyl (C=O) groups is 2. The van der Waals surface area contributed by atoms with Crippen LogP contribution in [-0.2, 0) is 36.4 Å². The molecule has 3 unspecified atom stereocenters. The van der Waals surface area contributed by atoms with Crippen LogP contribution >= 0.6 is 69.9 Å². The van der Waals surface area contributed by atoms with E-state index in [1.54, 1.807) is 7.05 Å². The molecule has 482 valence electrons. The lowest BCUT2D eigenvalue weighted by Gasteiger charge is -2.43. The number of ether oxygens (including phenoxy) is 2. The van der Waals surface area contributed by atoms with Crippen molar-refractivity contribution < 1.29 is 75.7 Å². The van der Waals surface area contributed by atoms with Crippen LogP contribution in [-0.4, -0.2) is 137 Å². The molecule has 0 bridgehead atoms. The van der Waals surface area contributed by atoms with Crippen molar-refractivity contribution in [1.82, 2.24) is 34.3 Å². The summed E-state index contributed by atoms with van der Waals surface area (Å²) in [6.45, 7) is 18.7. The number of fused-ring (bicyclic) bond motifs is 5. The molecule has 89 heavy (non-hydrogen) atoms. The maximum absolute atomic E-state index is 15.1. The van der Waals surface area contributed by atoms with E-state index >= 15 is 4.79 Å². The summed E-state index contributed by atoms with van der Waals surface area (Å²) in [5, 5.41) is 29.2. The monoisotopic (exact) mass is 1370 g/mol. The number of carbonyl (C=O) groups excluding carboxylic acids is 2. The number of halogens is 4. The molecule has 1 fully saturated rings. The molecule has 1 saturated heterocycles. The Hall–Kier alpha value is -4.85. The van der Waals surface area contributed by atoms with Gasteiger partial charge in [0.1, 0.15) is 42.7 Å². The van der Waals surface area contributed by atoms with Crippen LogP contribution in [0.3, 0.4) is 0 Å². The second-order valence-electron chi connectivity index (χ2n) is 23.1. The minimum absolute atomic E-state index is 0.00853. The van der Waals surface area contributed by atoms with Gasteiger partial charge < -0.3 is 59.7 Å². The van der Waals surface area contributed by atoms with Crippen LogP contribution < -0.4 is 40.3 Å². The molecule has 9 rings (SSSR count). The van der Waals surface area contributed by atoms with E-state index in [-0.39, 0.29) is 66.8 Å². The number of aromatic nitrogens is 4. The predicted octanol–water partition coefficient (Wildman–Crippen LogP) is 8.49. The number of unbranched alkanes of at least 4 members (excludes halogenated alkanes) is 3. The van der Waals surface area contributed by atoms with Crippen LogP contribution in [0.2, 0.25) is 20.1 Å². The van der Waals surface area contributed by atoms with Crippen molar-refractivity contribution in [2.24, 2.45) is 0 Å². The molecule has 4 aliphatic rings. The molecule has 0 radical (unpaired) electrons. The summed E-state index contributed by atoms with van der Waals surface area (Å²) in [4.78, 5) is 83.6. The van der Waals surface area contributed by atoms with Gasteiger partial charge in [-0.1, -0.05) is 65.3 Å². The molecule has 2 aromatic heterocycles. The van der Waals surface area contributed by atoms with E-state index in [4.69, 9.17) is 60.8 Å². The van der Waals surface area contributed by atoms with Gasteiger partial charge in [0.05, 0.1) is 50.2 Å². The van der Waals surface area contributed by atoms with Crippen molar-refractivity contribution in [3.8, 4) is 11.5 Å². The largest absolute Gasteiger partial charge is 0.756 e. The van der Waals surface area contributed by atoms with Crippen molar-refractivity contribution >= 4 is 121 Å². The number of hydrogen-bond acceptors (Lipinski definition) is 18. The number of aliphatic hydroxyl groups is 2. The zero-order valence-corrected chi connectivity index (χ0v) is 55.8. The number of nitrogens with zero attached hydrogens (tertiary/aromatic N) is 7. The van der Waals surface area contributed by atoms with Crippen LogP contribution in [0, 0.1) is 0 Å². The Morgan fingerprint density at radius 2 is 1.51 bits per heavy atom. The number of phosphoric ester groups is 1. The van der Waals surface area contributed by atoms with E-state index in [2.05, 4.69) is 140 Å². The number of amides is 2. The first-order chi connectivity index (χ1) is 41.7. The molecule has 2 amide bonds. The minimum atomic E-state index is -5.87. The average Bonchev–Trinajstić information content (AvgIpc) is 1.40. The third-order valence-corrected chi connectivity index (χ3v) is 21.6. The first kappa shape index (κ1) is 68.5. The third kappa shape index (κ3) is 14.4. The van der Waals surface area contributed by atoms with Crippen LogP contribution in [0.5, 0.6) is 11.5 Å². The summed E-state index contributed by atoms with van der Waals surface area (Å²) < 4.78 is 62.8. The predicted molar refractivity (Wildman–Crippen MR) is 336 cm³/mol. The summed E-state index contributed by atoms with van der Waals surface area (Å²) in [7, 11) is -15.7. The summed E-state index contributed by atoms with van der Waals surface area (Å²) in [6, 6.07) is 8.32. The molecular weight excluding hydrogens is 1300 g/mol. The smallest absolute Gasteiger partial charge is 0.487 e. The lowest BCUT2D eigenvalue weighted by molar-refractivity contribution is -0.212. The molecule has 3 aromatic carbocycles. The summed E-state index contributed by atoms with van der Waals surface area (Å²) in [5.41, 5.74) is 6.66. The molecule has 5 aromatic rings. The van der Waals surface area contributed by atoms with E-state index in [9.17, 15) is 43.4 Å². The quantitative estimate of drug-likeness (QED) is 0.00981. The van der Waals surface area contributed by atoms with Crippen LogP contribution in [0.25, 0.3) is 27.9 Å². The Morgan fingerprint density at radius 1 is 0.820 bits per heavy atom. The van der Waals surface area contributed by atoms with Gasteiger partial charge in [-0.2, -0.15) is 4.31 Å². The average molecular weight is 1370 g/mol. The fourth-order valence-corrected chi connectivity index (χ4v) is 16.2. The number of anilines is 2. The highest BCUT2D eigenvalue weighted by molar-refractivity contribution is 7.66. The van der Waals surface area contributed by atoms with Crippen LogP contribution in [0.1, 0.15) is 133 Å². The lowest BCUT2D eigenvalue weighted by Crippen LogP contribution is -2.49. The van der Waals surface area contributed by atoms with Gasteiger partial charge in [0.2, 0.25) is 11.3 Å². The highest BCUT2D eigenvalue weighted by Crippen LogP contribution is 2.65. The normalized spacial score (nSPS) is 21.1. The molecule has 25 nitrogen and oxygen atoms in total. The minimum Gasteiger partial charge on any atom is -0.756 e. The van der Waals surface area contributed by atoms with Crippen molar-refractivity contribution in [2.75, 3.05) is 56.6 Å². The Labute approximate surface area is 533 Å². The third-order valence-electron chi connectivity index (χ3n) is 16.0. The fraction of sp³-hybridized carbons (Fsp3) is 0.474. The number of aliphatic hydroxyl groups excluding tert-OH is 2. The topological polar surface area (TPSA) is 333 Å². The van der Waals surface area contributed by atoms with E-state index in [0.717, 1.165) is 59.2 Å². The maximum Gasteiger partial charge on any atom is 0.487 e. The molecule has 0 aliphatic carbocycles. The van der Waals surface area contributed by atoms with Crippen molar-refractivity contribution in [1.29, 1.82) is 0 Å². The summed E-state index contributed by atoms with van der Waals surface area (Å²) in [5.74, 6) is 0.819. The van der Waals surface area contributed by atoms with Crippen molar-refractivity contribution in [3.05, 3.63) is 108 Å². The second kappa shape index (κ2) is 26.6. The Kier molecular flexibility index (Phi) is 20.5. The van der Waals surface area contributed by atoms with Gasteiger partial charge in [0.25, 0.3) is 13.7 Å². The zero-order chi connectivity index (χ0) is 65.0. The first-order valence-electron chi connectivity index (χ1n) is 28.6. The van der Waals surface area contributed by atoms with Crippen molar-refractivity contribution in [2.45, 2.75) is 130 Å². The number of nitrogens with one attached hydrogen (secondary N) is 2. The first-order valence-corrected chi connectivity index (χ1v) is 34.6. The Bertz CT molecular complexity index is 4010. The molecule has 7 N–H and O–H groups in total. The van der Waals surface area contributed by atoms with Crippen LogP contribution in [0.4, 0.5) is 11.5 Å². The van der Waals surface area contributed by atoms with Gasteiger partial charge in [-0.25, -0.2) is 33.0 Å². The molecule has 4 aliphatic heterocycles. The zero-order valence-electron chi connectivity index (χ0n) is 50.1. The van der Waals surface area contributed by atoms with E-state index in [1.807, 2.05) is 0 Å². The number of imidazole rings is 1. The summed E-state index contributed by atoms with van der Waals surface area (Å²) >= 11 is 28.4. The number of allylic oxidation sites excluding steroid dienone is 2. The van der Waals surface area contributed by atoms with Gasteiger partial charge in [-0.3, -0.25) is 23.2 Å². The highest BCUT2D eigenvalue weighted by atomic mass is 35.5. The van der Waals surface area contributed by atoms with Gasteiger partial charge in [-0.05, 0) is 90.2 Å². The summed E-state index contributed by atoms with van der Waals surface area (Å²) in [6.07, 6.45) is 4.08. The van der Waals surface area contributed by atoms with Gasteiger partial charge >= 0.3 is 15.6 Å². The SMILES string of the molecule is CCN1c2cc3c(cc2C(C)=CC1(C)C)C(c1c(Cl)c(Cl)c(Cl)c(Cl)c1C(=O)N(C)CCCC(=O)NCCCCCCNc1ncnc2c1ncn2[C@@H]1O[C@H](COP(=O)(O)OP(=O)(O)OP(=O)([O-])O)[C@@H](O)[C@H]1O)=c1cc2c(cc1O3)=[N+](CC)C(C)(C)C=C2C. The Morgan fingerprint density at radius 3 is 2.19 bits per heavy atom. The van der Waals surface area contributed by atoms with Crippen LogP contribution in [0.15, 0.2) is 49.1 Å². The molecule has 0 saturated carbocycles. The van der Waals surface area contributed by atoms with Gasteiger partial charge in [0, 0.05) is 98.3 Å². The van der Waals surface area contributed by atoms with Gasteiger partial charge in [-0.15, -0.1) is 0 Å². The highest BCUT2D eigenvalue weighted by Gasteiger charge is 2.47. The lowest BCUT2D eigenvalue weighted by atomic mass is 9.83. The number of benzene rings is 3. The second-order valence-corrected chi connectivity index (χ2v) is 29.0. The number of likely N-dealkylation sites (N-methyl/N-ethyl adjacent to an activating group) is 2. The van der Waals surface area contributed by atoms with E-state index in [1.165, 1.54) is 22.1 Å². The molecule has 6 heterocycles. The fourth-order valence-electron chi connectivity index (χ4n) is 12.2. The number of rotatable bonds is 24. The molecule has 7 atom stereocenters. The molecule has 0 spiro atoms.